The van der Waals surface area contributed by atoms with Crippen molar-refractivity contribution in [2.45, 2.75) is 13.5 Å². The molecule has 0 unspecified atom stereocenters. The highest BCUT2D eigenvalue weighted by Gasteiger charge is 2.01. The molecule has 0 aliphatic carbocycles. The molecule has 1 aromatic heterocycles. The molecule has 0 saturated heterocycles. The topological polar surface area (TPSA) is 34.1 Å². The lowest BCUT2D eigenvalue weighted by Crippen LogP contribution is -2.12. The van der Waals surface area contributed by atoms with E-state index in [0.29, 0.717) is 0 Å². The molecule has 0 aliphatic heterocycles. The first kappa shape index (κ1) is 10.5. The van der Waals surface area contributed by atoms with Gasteiger partial charge >= 0.3 is 0 Å². The van der Waals surface area contributed by atoms with Crippen molar-refractivity contribution in [1.29, 1.82) is 0 Å². The minimum atomic E-state index is 0.764. The fourth-order valence-corrected chi connectivity index (χ4v) is 1.49. The summed E-state index contributed by atoms with van der Waals surface area (Å²) in [5.74, 6) is 0.764. The van der Waals surface area contributed by atoms with E-state index in [4.69, 9.17) is 4.74 Å². The standard InChI is InChI=1S/C9H13BrN2O/c1-3-11-5-7-4-8(10)9(13-2)6-12-7/h4,6,11H,3,5H2,1-2H3. The molecule has 0 radical (unpaired) electrons. The second-order valence-corrected chi connectivity index (χ2v) is 3.44. The zero-order chi connectivity index (χ0) is 9.68. The molecule has 0 atom stereocenters. The van der Waals surface area contributed by atoms with Gasteiger partial charge in [0.2, 0.25) is 0 Å². The van der Waals surface area contributed by atoms with Crippen LogP contribution < -0.4 is 10.1 Å². The molecule has 0 aromatic carbocycles. The molecule has 0 amide bonds. The van der Waals surface area contributed by atoms with Crippen molar-refractivity contribution < 1.29 is 4.74 Å². The number of hydrogen-bond donors (Lipinski definition) is 1. The van der Waals surface area contributed by atoms with Crippen LogP contribution in [-0.4, -0.2) is 18.6 Å². The Kier molecular flexibility index (Phi) is 4.18. The minimum Gasteiger partial charge on any atom is -0.494 e. The molecule has 1 aromatic rings. The first-order valence-corrected chi connectivity index (χ1v) is 4.96. The molecule has 1 N–H and O–H groups in total. The molecule has 0 saturated carbocycles. The normalized spacial score (nSPS) is 10.1. The van der Waals surface area contributed by atoms with Gasteiger partial charge in [-0.2, -0.15) is 0 Å². The SMILES string of the molecule is CCNCc1cc(Br)c(OC)cn1. The Balaban J connectivity index is 2.71. The lowest BCUT2D eigenvalue weighted by molar-refractivity contribution is 0.409. The number of hydrogen-bond acceptors (Lipinski definition) is 3. The Bertz CT molecular complexity index is 278. The summed E-state index contributed by atoms with van der Waals surface area (Å²) in [6, 6.07) is 1.96. The van der Waals surface area contributed by atoms with E-state index in [-0.39, 0.29) is 0 Å². The Hall–Kier alpha value is -0.610. The largest absolute Gasteiger partial charge is 0.494 e. The average molecular weight is 245 g/mol. The van der Waals surface area contributed by atoms with Gasteiger partial charge in [0.05, 0.1) is 23.5 Å². The Morgan fingerprint density at radius 1 is 1.62 bits per heavy atom. The first-order chi connectivity index (χ1) is 6.27. The van der Waals surface area contributed by atoms with Gasteiger partial charge in [0.1, 0.15) is 0 Å². The Labute approximate surface area is 86.6 Å². The van der Waals surface area contributed by atoms with Crippen molar-refractivity contribution >= 4 is 15.9 Å². The van der Waals surface area contributed by atoms with Crippen molar-refractivity contribution in [3.63, 3.8) is 0 Å². The molecule has 4 heteroatoms. The van der Waals surface area contributed by atoms with Gasteiger partial charge in [-0.1, -0.05) is 6.92 Å². The van der Waals surface area contributed by atoms with Crippen LogP contribution in [0.1, 0.15) is 12.6 Å². The van der Waals surface area contributed by atoms with E-state index in [9.17, 15) is 0 Å². The predicted octanol–water partition coefficient (Wildman–Crippen LogP) is 1.96. The van der Waals surface area contributed by atoms with E-state index in [1.807, 2.05) is 6.07 Å². The quantitative estimate of drug-likeness (QED) is 0.880. The molecule has 0 fully saturated rings. The van der Waals surface area contributed by atoms with Crippen LogP contribution in [-0.2, 0) is 6.54 Å². The van der Waals surface area contributed by atoms with E-state index in [1.165, 1.54) is 0 Å². The van der Waals surface area contributed by atoms with Gasteiger partial charge in [-0.15, -0.1) is 0 Å². The van der Waals surface area contributed by atoms with Crippen LogP contribution in [0.25, 0.3) is 0 Å². The maximum atomic E-state index is 5.07. The molecule has 0 bridgehead atoms. The third-order valence-electron chi connectivity index (χ3n) is 1.65. The maximum absolute atomic E-state index is 5.07. The van der Waals surface area contributed by atoms with Gasteiger partial charge < -0.3 is 10.1 Å². The molecular formula is C9H13BrN2O. The molecule has 1 heterocycles. The zero-order valence-corrected chi connectivity index (χ0v) is 9.39. The molecule has 0 spiro atoms. The predicted molar refractivity (Wildman–Crippen MR) is 55.9 cm³/mol. The number of nitrogens with one attached hydrogen (secondary N) is 1. The number of ether oxygens (including phenoxy) is 1. The summed E-state index contributed by atoms with van der Waals surface area (Å²) >= 11 is 3.41. The monoisotopic (exact) mass is 244 g/mol. The fraction of sp³-hybridized carbons (Fsp3) is 0.444. The highest BCUT2D eigenvalue weighted by molar-refractivity contribution is 9.10. The van der Waals surface area contributed by atoms with Crippen LogP contribution in [0.2, 0.25) is 0 Å². The van der Waals surface area contributed by atoms with E-state index in [2.05, 4.69) is 33.2 Å². The van der Waals surface area contributed by atoms with Crippen LogP contribution in [0.5, 0.6) is 5.75 Å². The molecular weight excluding hydrogens is 232 g/mol. The smallest absolute Gasteiger partial charge is 0.151 e. The van der Waals surface area contributed by atoms with Crippen LogP contribution in [0.4, 0.5) is 0 Å². The lowest BCUT2D eigenvalue weighted by Gasteiger charge is -2.05. The zero-order valence-electron chi connectivity index (χ0n) is 7.80. The lowest BCUT2D eigenvalue weighted by atomic mass is 10.3. The van der Waals surface area contributed by atoms with Crippen LogP contribution in [0, 0.1) is 0 Å². The van der Waals surface area contributed by atoms with Gasteiger partial charge in [-0.05, 0) is 28.5 Å². The fourth-order valence-electron chi connectivity index (χ4n) is 0.958. The van der Waals surface area contributed by atoms with E-state index in [1.54, 1.807) is 13.3 Å². The Morgan fingerprint density at radius 3 is 2.92 bits per heavy atom. The molecule has 1 rings (SSSR count). The van der Waals surface area contributed by atoms with Gasteiger partial charge in [0.15, 0.2) is 5.75 Å². The van der Waals surface area contributed by atoms with Crippen LogP contribution in [0.15, 0.2) is 16.7 Å². The van der Waals surface area contributed by atoms with Gasteiger partial charge in [-0.3, -0.25) is 4.98 Å². The van der Waals surface area contributed by atoms with Crippen molar-refractivity contribution in [3.8, 4) is 5.75 Å². The summed E-state index contributed by atoms with van der Waals surface area (Å²) in [6.07, 6.45) is 1.72. The minimum absolute atomic E-state index is 0.764. The molecule has 0 aliphatic rings. The number of methoxy groups -OCH3 is 1. The third kappa shape index (κ3) is 2.97. The van der Waals surface area contributed by atoms with E-state index in [0.717, 1.165) is 29.0 Å². The average Bonchev–Trinajstić information content (AvgIpc) is 2.15. The van der Waals surface area contributed by atoms with Gasteiger partial charge in [0.25, 0.3) is 0 Å². The first-order valence-electron chi connectivity index (χ1n) is 4.17. The number of halogens is 1. The molecule has 3 nitrogen and oxygen atoms in total. The summed E-state index contributed by atoms with van der Waals surface area (Å²) in [4.78, 5) is 4.23. The number of pyridine rings is 1. The van der Waals surface area contributed by atoms with Crippen LogP contribution in [0.3, 0.4) is 0 Å². The van der Waals surface area contributed by atoms with E-state index >= 15 is 0 Å². The number of rotatable bonds is 4. The summed E-state index contributed by atoms with van der Waals surface area (Å²) in [6.45, 7) is 3.81. The summed E-state index contributed by atoms with van der Waals surface area (Å²) in [5, 5.41) is 3.21. The summed E-state index contributed by atoms with van der Waals surface area (Å²) in [5.41, 5.74) is 1.01. The van der Waals surface area contributed by atoms with Crippen molar-refractivity contribution in [3.05, 3.63) is 22.4 Å². The third-order valence-corrected chi connectivity index (χ3v) is 2.27. The van der Waals surface area contributed by atoms with Crippen molar-refractivity contribution in [1.82, 2.24) is 10.3 Å². The Morgan fingerprint density at radius 2 is 2.38 bits per heavy atom. The second-order valence-electron chi connectivity index (χ2n) is 2.59. The van der Waals surface area contributed by atoms with Gasteiger partial charge in [-0.25, -0.2) is 0 Å². The molecule has 13 heavy (non-hydrogen) atoms. The van der Waals surface area contributed by atoms with E-state index < -0.39 is 0 Å². The highest BCUT2D eigenvalue weighted by atomic mass is 79.9. The van der Waals surface area contributed by atoms with Crippen molar-refractivity contribution in [2.75, 3.05) is 13.7 Å². The summed E-state index contributed by atoms with van der Waals surface area (Å²) in [7, 11) is 1.63. The van der Waals surface area contributed by atoms with Crippen molar-refractivity contribution in [2.24, 2.45) is 0 Å². The van der Waals surface area contributed by atoms with Crippen LogP contribution >= 0.6 is 15.9 Å². The summed E-state index contributed by atoms with van der Waals surface area (Å²) < 4.78 is 6.02. The van der Waals surface area contributed by atoms with Gasteiger partial charge in [0, 0.05) is 6.54 Å². The second kappa shape index (κ2) is 5.19. The number of nitrogens with zero attached hydrogens (tertiary/aromatic N) is 1. The highest BCUT2D eigenvalue weighted by Crippen LogP contribution is 2.23. The molecule has 72 valence electrons. The maximum Gasteiger partial charge on any atom is 0.151 e. The number of aromatic nitrogens is 1.